The van der Waals surface area contributed by atoms with E-state index in [4.69, 9.17) is 9.84 Å². The van der Waals surface area contributed by atoms with Gasteiger partial charge >= 0.3 is 5.97 Å². The zero-order chi connectivity index (χ0) is 16.8. The molecule has 0 radical (unpaired) electrons. The summed E-state index contributed by atoms with van der Waals surface area (Å²) in [4.78, 5) is 27.7. The molecule has 6 heteroatoms. The van der Waals surface area contributed by atoms with E-state index >= 15 is 0 Å². The lowest BCUT2D eigenvalue weighted by Crippen LogP contribution is -2.46. The molecule has 0 saturated carbocycles. The molecule has 1 saturated heterocycles. The summed E-state index contributed by atoms with van der Waals surface area (Å²) in [6, 6.07) is 2.18. The van der Waals surface area contributed by atoms with Gasteiger partial charge in [0.25, 0.3) is 0 Å². The van der Waals surface area contributed by atoms with Crippen LogP contribution in [-0.2, 0) is 20.7 Å². The second-order valence-electron chi connectivity index (χ2n) is 6.05. The number of ether oxygens (including phenoxy) is 1. The predicted molar refractivity (Wildman–Crippen MR) is 89.9 cm³/mol. The minimum atomic E-state index is -0.950. The smallest absolute Gasteiger partial charge is 0.323 e. The minimum absolute atomic E-state index is 0.00234. The first-order valence-electron chi connectivity index (χ1n) is 8.12. The average molecular weight is 339 g/mol. The molecular weight excluding hydrogens is 314 g/mol. The molecule has 2 rings (SSSR count). The third kappa shape index (κ3) is 5.32. The van der Waals surface area contributed by atoms with Crippen LogP contribution in [0.15, 0.2) is 6.07 Å². The van der Waals surface area contributed by atoms with Crippen LogP contribution in [0.4, 0.5) is 0 Å². The van der Waals surface area contributed by atoms with Crippen LogP contribution >= 0.6 is 11.3 Å². The van der Waals surface area contributed by atoms with Gasteiger partial charge in [-0.25, -0.2) is 0 Å². The van der Waals surface area contributed by atoms with Gasteiger partial charge in [0, 0.05) is 35.4 Å². The monoisotopic (exact) mass is 339 g/mol. The highest BCUT2D eigenvalue weighted by Gasteiger charge is 2.27. The van der Waals surface area contributed by atoms with Crippen molar-refractivity contribution in [1.82, 2.24) is 4.90 Å². The number of hydrogen-bond acceptors (Lipinski definition) is 4. The predicted octanol–water partition coefficient (Wildman–Crippen LogP) is 2.78. The Morgan fingerprint density at radius 2 is 2.04 bits per heavy atom. The second kappa shape index (κ2) is 8.45. The van der Waals surface area contributed by atoms with Crippen molar-refractivity contribution in [3.63, 3.8) is 0 Å². The van der Waals surface area contributed by atoms with E-state index in [1.165, 1.54) is 20.2 Å². The first kappa shape index (κ1) is 17.9. The molecule has 1 aromatic heterocycles. The number of amides is 1. The Labute approximate surface area is 141 Å². The molecule has 1 N–H and O–H groups in total. The summed E-state index contributed by atoms with van der Waals surface area (Å²) < 4.78 is 5.30. The zero-order valence-electron chi connectivity index (χ0n) is 13.8. The van der Waals surface area contributed by atoms with Crippen LogP contribution in [0, 0.1) is 13.8 Å². The number of thiophene rings is 1. The minimum Gasteiger partial charge on any atom is -0.480 e. The summed E-state index contributed by atoms with van der Waals surface area (Å²) >= 11 is 1.78. The second-order valence-corrected chi connectivity index (χ2v) is 7.51. The number of nitrogens with zero attached hydrogens (tertiary/aromatic N) is 1. The van der Waals surface area contributed by atoms with Gasteiger partial charge in [-0.3, -0.25) is 9.59 Å². The van der Waals surface area contributed by atoms with Crippen molar-refractivity contribution in [2.45, 2.75) is 52.0 Å². The highest BCUT2D eigenvalue weighted by atomic mass is 32.1. The molecule has 128 valence electrons. The number of rotatable bonds is 7. The van der Waals surface area contributed by atoms with Crippen molar-refractivity contribution >= 4 is 23.2 Å². The molecule has 1 amide bonds. The topological polar surface area (TPSA) is 66.8 Å². The summed E-state index contributed by atoms with van der Waals surface area (Å²) in [5.74, 6) is -1.00. The molecule has 1 aliphatic heterocycles. The van der Waals surface area contributed by atoms with Gasteiger partial charge in [-0.2, -0.15) is 0 Å². The van der Waals surface area contributed by atoms with Gasteiger partial charge in [0.2, 0.25) is 5.91 Å². The number of aliphatic carboxylic acids is 1. The molecule has 0 aliphatic carbocycles. The van der Waals surface area contributed by atoms with E-state index in [1.807, 2.05) is 0 Å². The molecular formula is C17H25NO4S. The van der Waals surface area contributed by atoms with Gasteiger partial charge in [0.1, 0.15) is 6.54 Å². The maximum Gasteiger partial charge on any atom is 0.323 e. The maximum absolute atomic E-state index is 12.5. The van der Waals surface area contributed by atoms with Gasteiger partial charge in [-0.05, 0) is 51.2 Å². The van der Waals surface area contributed by atoms with Crippen molar-refractivity contribution in [2.75, 3.05) is 19.8 Å². The lowest BCUT2D eigenvalue weighted by atomic mass is 10.0. The van der Waals surface area contributed by atoms with E-state index in [1.54, 1.807) is 11.3 Å². The van der Waals surface area contributed by atoms with Crippen LogP contribution in [0.3, 0.4) is 0 Å². The van der Waals surface area contributed by atoms with Crippen molar-refractivity contribution < 1.29 is 19.4 Å². The van der Waals surface area contributed by atoms with Gasteiger partial charge in [-0.1, -0.05) is 0 Å². The van der Waals surface area contributed by atoms with Gasteiger partial charge in [-0.15, -0.1) is 11.3 Å². The SMILES string of the molecule is Cc1cc(CCCC(=O)N(CC(=O)O)C2CCOCC2)c(C)s1. The molecule has 1 fully saturated rings. The molecule has 0 spiro atoms. The number of hydrogen-bond donors (Lipinski definition) is 1. The maximum atomic E-state index is 12.5. The lowest BCUT2D eigenvalue weighted by molar-refractivity contribution is -0.147. The third-order valence-electron chi connectivity index (χ3n) is 4.24. The van der Waals surface area contributed by atoms with Crippen LogP contribution in [0.25, 0.3) is 0 Å². The Morgan fingerprint density at radius 1 is 1.35 bits per heavy atom. The summed E-state index contributed by atoms with van der Waals surface area (Å²) in [7, 11) is 0. The summed E-state index contributed by atoms with van der Waals surface area (Å²) in [6.07, 6.45) is 3.48. The molecule has 1 aliphatic rings. The van der Waals surface area contributed by atoms with Gasteiger partial charge < -0.3 is 14.7 Å². The Balaban J connectivity index is 1.89. The van der Waals surface area contributed by atoms with Crippen molar-refractivity contribution in [2.24, 2.45) is 0 Å². The fourth-order valence-corrected chi connectivity index (χ4v) is 4.05. The highest BCUT2D eigenvalue weighted by molar-refractivity contribution is 7.12. The Bertz CT molecular complexity index is 549. The van der Waals surface area contributed by atoms with Gasteiger partial charge in [0.05, 0.1) is 0 Å². The Kier molecular flexibility index (Phi) is 6.59. The fourth-order valence-electron chi connectivity index (χ4n) is 3.07. The Hall–Kier alpha value is -1.40. The van der Waals surface area contributed by atoms with E-state index < -0.39 is 5.97 Å². The first-order valence-corrected chi connectivity index (χ1v) is 8.94. The largest absolute Gasteiger partial charge is 0.480 e. The number of carboxylic acids is 1. The van der Waals surface area contributed by atoms with Crippen molar-refractivity contribution in [1.29, 1.82) is 0 Å². The molecule has 23 heavy (non-hydrogen) atoms. The standard InChI is InChI=1S/C17H25NO4S/c1-12-10-14(13(2)23-12)4-3-5-16(19)18(11-17(20)21)15-6-8-22-9-7-15/h10,15H,3-9,11H2,1-2H3,(H,20,21). The third-order valence-corrected chi connectivity index (χ3v) is 5.25. The number of aryl methyl sites for hydroxylation is 3. The number of carbonyl (C=O) groups is 2. The van der Waals surface area contributed by atoms with E-state index in [0.717, 1.165) is 25.7 Å². The van der Waals surface area contributed by atoms with Crippen LogP contribution in [0.5, 0.6) is 0 Å². The van der Waals surface area contributed by atoms with E-state index in [9.17, 15) is 9.59 Å². The fraction of sp³-hybridized carbons (Fsp3) is 0.647. The summed E-state index contributed by atoms with van der Waals surface area (Å²) in [5.41, 5.74) is 1.30. The number of carboxylic acid groups (broad SMARTS) is 1. The zero-order valence-corrected chi connectivity index (χ0v) is 14.7. The first-order chi connectivity index (χ1) is 11.0. The number of carbonyl (C=O) groups excluding carboxylic acids is 1. The van der Waals surface area contributed by atoms with E-state index in [-0.39, 0.29) is 18.5 Å². The van der Waals surface area contributed by atoms with E-state index in [2.05, 4.69) is 19.9 Å². The highest BCUT2D eigenvalue weighted by Crippen LogP contribution is 2.23. The molecule has 1 aromatic rings. The molecule has 5 nitrogen and oxygen atoms in total. The lowest BCUT2D eigenvalue weighted by Gasteiger charge is -2.33. The van der Waals surface area contributed by atoms with Crippen LogP contribution < -0.4 is 0 Å². The molecule has 2 heterocycles. The van der Waals surface area contributed by atoms with Crippen LogP contribution in [0.1, 0.15) is 41.0 Å². The van der Waals surface area contributed by atoms with E-state index in [0.29, 0.717) is 19.6 Å². The van der Waals surface area contributed by atoms with Crippen molar-refractivity contribution in [3.05, 3.63) is 21.4 Å². The molecule has 0 aromatic carbocycles. The quantitative estimate of drug-likeness (QED) is 0.829. The van der Waals surface area contributed by atoms with Crippen LogP contribution in [0.2, 0.25) is 0 Å². The molecule has 0 atom stereocenters. The molecule has 0 bridgehead atoms. The van der Waals surface area contributed by atoms with Gasteiger partial charge in [0.15, 0.2) is 0 Å². The van der Waals surface area contributed by atoms with Crippen molar-refractivity contribution in [3.8, 4) is 0 Å². The Morgan fingerprint density at radius 3 is 2.61 bits per heavy atom. The summed E-state index contributed by atoms with van der Waals surface area (Å²) in [5, 5.41) is 9.08. The summed E-state index contributed by atoms with van der Waals surface area (Å²) in [6.45, 7) is 5.18. The molecule has 0 unspecified atom stereocenters. The average Bonchev–Trinajstić information content (AvgIpc) is 2.83. The van der Waals surface area contributed by atoms with Crippen LogP contribution in [-0.4, -0.2) is 47.7 Å². The normalized spacial score (nSPS) is 15.6.